The van der Waals surface area contributed by atoms with Crippen LogP contribution in [0.25, 0.3) is 11.2 Å². The molecule has 5 N–H and O–H groups in total. The Kier molecular flexibility index (Phi) is 5.58. The van der Waals surface area contributed by atoms with E-state index in [1.165, 1.54) is 10.9 Å². The summed E-state index contributed by atoms with van der Waals surface area (Å²) in [5.41, 5.74) is 3.84. The van der Waals surface area contributed by atoms with Crippen molar-refractivity contribution in [2.75, 3.05) is 12.3 Å². The van der Waals surface area contributed by atoms with E-state index in [0.29, 0.717) is 0 Å². The highest BCUT2D eigenvalue weighted by Gasteiger charge is 2.47. The molecule has 2 aromatic heterocycles. The summed E-state index contributed by atoms with van der Waals surface area (Å²) in [5.74, 6) is -2.95. The summed E-state index contributed by atoms with van der Waals surface area (Å²) >= 11 is 5.77. The van der Waals surface area contributed by atoms with Gasteiger partial charge in [-0.2, -0.15) is 9.97 Å². The van der Waals surface area contributed by atoms with Crippen molar-refractivity contribution in [2.45, 2.75) is 43.6 Å². The fourth-order valence-corrected chi connectivity index (χ4v) is 3.08. The van der Waals surface area contributed by atoms with E-state index in [1.54, 1.807) is 0 Å². The lowest BCUT2D eigenvalue weighted by atomic mass is 10.0. The molecule has 1 aliphatic rings. The van der Waals surface area contributed by atoms with Crippen molar-refractivity contribution in [3.05, 3.63) is 11.6 Å². The van der Waals surface area contributed by atoms with Crippen LogP contribution in [0.15, 0.2) is 6.33 Å². The Balaban J connectivity index is 1.81. The molecule has 0 radical (unpaired) electrons. The highest BCUT2D eigenvalue weighted by Crippen LogP contribution is 2.35. The number of imidazole rings is 1. The molecule has 0 bridgehead atoms. The summed E-state index contributed by atoms with van der Waals surface area (Å²) in [6.07, 6.45) is -5.96. The largest absolute Gasteiger partial charge is 0.481 e. The Bertz CT molecular complexity index is 959. The van der Waals surface area contributed by atoms with E-state index < -0.39 is 55.2 Å². The number of hydrogen-bond acceptors (Lipinski definition) is 9. The van der Waals surface area contributed by atoms with Gasteiger partial charge in [0.2, 0.25) is 5.28 Å². The maximum absolute atomic E-state index is 14.7. The molecule has 3 heterocycles. The molecule has 0 amide bonds. The van der Waals surface area contributed by atoms with E-state index in [0.717, 1.165) is 6.92 Å². The van der Waals surface area contributed by atoms with Crippen LogP contribution in [-0.4, -0.2) is 77.4 Å². The number of anilines is 1. The summed E-state index contributed by atoms with van der Waals surface area (Å²) in [5, 5.41) is 28.1. The number of fused-ring (bicyclic) bond motifs is 1. The minimum Gasteiger partial charge on any atom is -0.481 e. The highest BCUT2D eigenvalue weighted by molar-refractivity contribution is 6.28. The molecule has 0 spiro atoms. The van der Waals surface area contributed by atoms with Gasteiger partial charge in [-0.05, 0) is 18.5 Å². The second kappa shape index (κ2) is 7.67. The predicted octanol–water partition coefficient (Wildman–Crippen LogP) is -0.00710. The van der Waals surface area contributed by atoms with E-state index in [9.17, 15) is 24.2 Å². The van der Waals surface area contributed by atoms with Gasteiger partial charge in [-0.25, -0.2) is 14.2 Å². The SMILES string of the molecule is CC(CC(=O)O)(OC[C@H]1O[C@@H](n2cnc3c(N)nc(Cl)nc32)[C@@H](F)[C@@H]1O)C(=O)O. The Labute approximate surface area is 167 Å². The molecule has 14 heteroatoms. The monoisotopic (exact) mass is 433 g/mol. The molecule has 2 aromatic rings. The number of ether oxygens (including phenoxy) is 2. The Morgan fingerprint density at radius 3 is 2.76 bits per heavy atom. The Morgan fingerprint density at radius 1 is 1.45 bits per heavy atom. The van der Waals surface area contributed by atoms with Crippen LogP contribution in [0, 0.1) is 0 Å². The van der Waals surface area contributed by atoms with Crippen molar-refractivity contribution >= 4 is 40.5 Å². The molecule has 1 saturated heterocycles. The zero-order chi connectivity index (χ0) is 21.5. The molecular formula is C15H17ClFN5O7. The maximum atomic E-state index is 14.7. The Morgan fingerprint density at radius 2 is 2.14 bits per heavy atom. The quantitative estimate of drug-likeness (QED) is 0.430. The zero-order valence-corrected chi connectivity index (χ0v) is 15.7. The molecule has 3 rings (SSSR count). The zero-order valence-electron chi connectivity index (χ0n) is 14.9. The summed E-state index contributed by atoms with van der Waals surface area (Å²) in [6.45, 7) is 0.485. The standard InChI is InChI=1S/C15H17ClFN5O7/c1-15(13(26)27,2-6(23)24)28-3-5-9(25)7(17)12(29-5)22-4-19-8-10(18)20-14(16)21-11(8)22/h4-5,7,9,12,25H,2-3H2,1H3,(H,23,24)(H,26,27)(H2,18,20,21)/t5-,7+,9-,12-,15?/m1/s1. The second-order valence-corrected chi connectivity index (χ2v) is 6.96. The van der Waals surface area contributed by atoms with Gasteiger partial charge in [-0.1, -0.05) is 0 Å². The lowest BCUT2D eigenvalue weighted by Crippen LogP contribution is -2.44. The summed E-state index contributed by atoms with van der Waals surface area (Å²) < 4.78 is 26.5. The molecule has 0 aliphatic carbocycles. The number of aliphatic hydroxyl groups is 1. The number of carboxylic acids is 2. The van der Waals surface area contributed by atoms with Gasteiger partial charge in [0.15, 0.2) is 29.5 Å². The van der Waals surface area contributed by atoms with Crippen LogP contribution >= 0.6 is 11.6 Å². The number of aromatic nitrogens is 4. The predicted molar refractivity (Wildman–Crippen MR) is 93.8 cm³/mol. The van der Waals surface area contributed by atoms with Gasteiger partial charge in [0.1, 0.15) is 17.7 Å². The van der Waals surface area contributed by atoms with E-state index >= 15 is 0 Å². The van der Waals surface area contributed by atoms with Crippen molar-refractivity contribution in [1.29, 1.82) is 0 Å². The fourth-order valence-electron chi connectivity index (χ4n) is 2.91. The molecule has 0 aromatic carbocycles. The lowest BCUT2D eigenvalue weighted by molar-refractivity contribution is -0.177. The van der Waals surface area contributed by atoms with Crippen molar-refractivity contribution in [3.63, 3.8) is 0 Å². The van der Waals surface area contributed by atoms with Gasteiger partial charge in [0.05, 0.1) is 19.4 Å². The first-order valence-corrected chi connectivity index (χ1v) is 8.63. The third kappa shape index (κ3) is 3.94. The topological polar surface area (TPSA) is 183 Å². The first-order chi connectivity index (χ1) is 13.5. The van der Waals surface area contributed by atoms with Crippen LogP contribution in [0.2, 0.25) is 5.28 Å². The Hall–Kier alpha value is -2.61. The fraction of sp³-hybridized carbons (Fsp3) is 0.533. The first-order valence-electron chi connectivity index (χ1n) is 8.26. The summed E-state index contributed by atoms with van der Waals surface area (Å²) in [7, 11) is 0. The number of hydrogen-bond donors (Lipinski definition) is 4. The molecule has 12 nitrogen and oxygen atoms in total. The third-order valence-corrected chi connectivity index (χ3v) is 4.67. The van der Waals surface area contributed by atoms with Gasteiger partial charge >= 0.3 is 11.9 Å². The molecule has 29 heavy (non-hydrogen) atoms. The van der Waals surface area contributed by atoms with E-state index in [-0.39, 0.29) is 22.3 Å². The van der Waals surface area contributed by atoms with Crippen molar-refractivity contribution in [2.24, 2.45) is 0 Å². The van der Waals surface area contributed by atoms with Crippen molar-refractivity contribution < 1.29 is 38.8 Å². The van der Waals surface area contributed by atoms with Gasteiger partial charge in [0.25, 0.3) is 0 Å². The van der Waals surface area contributed by atoms with Crippen molar-refractivity contribution in [3.8, 4) is 0 Å². The molecule has 1 fully saturated rings. The smallest absolute Gasteiger partial charge is 0.336 e. The number of aliphatic hydroxyl groups excluding tert-OH is 1. The van der Waals surface area contributed by atoms with Crippen LogP contribution < -0.4 is 5.73 Å². The number of nitrogen functional groups attached to an aromatic ring is 1. The van der Waals surface area contributed by atoms with E-state index in [4.69, 9.17) is 31.9 Å². The van der Waals surface area contributed by atoms with Crippen molar-refractivity contribution in [1.82, 2.24) is 19.5 Å². The van der Waals surface area contributed by atoms with E-state index in [2.05, 4.69) is 15.0 Å². The molecule has 1 unspecified atom stereocenters. The summed E-state index contributed by atoms with van der Waals surface area (Å²) in [6, 6.07) is 0. The molecule has 158 valence electrons. The minimum atomic E-state index is -2.09. The van der Waals surface area contributed by atoms with Crippen LogP contribution in [-0.2, 0) is 19.1 Å². The maximum Gasteiger partial charge on any atom is 0.336 e. The average Bonchev–Trinajstić information content (AvgIpc) is 3.15. The minimum absolute atomic E-state index is 0.0292. The van der Waals surface area contributed by atoms with Gasteiger partial charge in [-0.15, -0.1) is 0 Å². The average molecular weight is 434 g/mol. The van der Waals surface area contributed by atoms with Crippen LogP contribution in [0.5, 0.6) is 0 Å². The summed E-state index contributed by atoms with van der Waals surface area (Å²) in [4.78, 5) is 33.9. The number of nitrogens with two attached hydrogens (primary N) is 1. The van der Waals surface area contributed by atoms with Gasteiger partial charge in [-0.3, -0.25) is 9.36 Å². The number of nitrogens with zero attached hydrogens (tertiary/aromatic N) is 4. The number of alkyl halides is 1. The number of halogens is 2. The van der Waals surface area contributed by atoms with E-state index in [1.807, 2.05) is 0 Å². The van der Waals surface area contributed by atoms with Gasteiger partial charge in [0, 0.05) is 0 Å². The number of aliphatic carboxylic acids is 2. The first kappa shape index (κ1) is 21.1. The number of carbonyl (C=O) groups is 2. The number of carboxylic acid groups (broad SMARTS) is 2. The second-order valence-electron chi connectivity index (χ2n) is 6.62. The van der Waals surface area contributed by atoms with Crippen LogP contribution in [0.4, 0.5) is 10.2 Å². The van der Waals surface area contributed by atoms with Gasteiger partial charge < -0.3 is 30.5 Å². The number of rotatable bonds is 7. The molecule has 5 atom stereocenters. The highest BCUT2D eigenvalue weighted by atomic mass is 35.5. The third-order valence-electron chi connectivity index (χ3n) is 4.50. The normalized spacial score (nSPS) is 26.5. The van der Waals surface area contributed by atoms with Crippen LogP contribution in [0.1, 0.15) is 19.6 Å². The van der Waals surface area contributed by atoms with Crippen LogP contribution in [0.3, 0.4) is 0 Å². The molecular weight excluding hydrogens is 417 g/mol. The molecule has 1 aliphatic heterocycles. The molecule has 0 saturated carbocycles. The lowest BCUT2D eigenvalue weighted by Gasteiger charge is -2.26.